The zero-order chi connectivity index (χ0) is 15.3. The van der Waals surface area contributed by atoms with Crippen LogP contribution in [0.2, 0.25) is 0 Å². The van der Waals surface area contributed by atoms with Gasteiger partial charge in [-0.05, 0) is 26.3 Å². The third-order valence-corrected chi connectivity index (χ3v) is 4.02. The Morgan fingerprint density at radius 3 is 2.76 bits per heavy atom. The van der Waals surface area contributed by atoms with Gasteiger partial charge in [0.2, 0.25) is 0 Å². The largest absolute Gasteiger partial charge is 0.492 e. The van der Waals surface area contributed by atoms with Crippen LogP contribution < -0.4 is 4.74 Å². The number of nitrogens with zero attached hydrogens (tertiary/aromatic N) is 2. The molecule has 1 atom stereocenters. The van der Waals surface area contributed by atoms with Gasteiger partial charge in [-0.15, -0.1) is 0 Å². The molecule has 1 fully saturated rings. The molecule has 0 spiro atoms. The molecule has 2 rings (SSSR count). The molecular weight excluding hydrogens is 268 g/mol. The summed E-state index contributed by atoms with van der Waals surface area (Å²) >= 11 is 0. The summed E-state index contributed by atoms with van der Waals surface area (Å²) in [7, 11) is 0. The molecule has 0 aromatic carbocycles. The summed E-state index contributed by atoms with van der Waals surface area (Å²) in [4.78, 5) is 6.45. The van der Waals surface area contributed by atoms with Crippen molar-refractivity contribution in [2.45, 2.75) is 38.8 Å². The summed E-state index contributed by atoms with van der Waals surface area (Å²) in [5, 5.41) is 10.8. The van der Waals surface area contributed by atoms with Gasteiger partial charge < -0.3 is 14.6 Å². The predicted octanol–water partition coefficient (Wildman–Crippen LogP) is 2.01. The zero-order valence-electron chi connectivity index (χ0n) is 13.2. The second kappa shape index (κ2) is 7.20. The van der Waals surface area contributed by atoms with E-state index in [1.54, 1.807) is 12.4 Å². The average molecular weight is 294 g/mol. The van der Waals surface area contributed by atoms with E-state index in [2.05, 4.69) is 30.7 Å². The van der Waals surface area contributed by atoms with E-state index in [4.69, 9.17) is 9.47 Å². The Bertz CT molecular complexity index is 445. The van der Waals surface area contributed by atoms with Crippen LogP contribution in [-0.4, -0.2) is 53.4 Å². The fourth-order valence-electron chi connectivity index (χ4n) is 2.60. The highest BCUT2D eigenvalue weighted by molar-refractivity contribution is 5.27. The number of hydrogen-bond donors (Lipinski definition) is 1. The molecule has 0 saturated carbocycles. The van der Waals surface area contributed by atoms with E-state index in [-0.39, 0.29) is 5.54 Å². The molecule has 1 aromatic rings. The molecule has 21 heavy (non-hydrogen) atoms. The molecule has 1 aliphatic rings. The molecule has 1 aromatic heterocycles. The fourth-order valence-corrected chi connectivity index (χ4v) is 2.60. The van der Waals surface area contributed by atoms with Crippen molar-refractivity contribution in [3.63, 3.8) is 0 Å². The maximum absolute atomic E-state index is 10.8. The molecule has 1 N–H and O–H groups in total. The van der Waals surface area contributed by atoms with E-state index in [1.165, 1.54) is 0 Å². The van der Waals surface area contributed by atoms with E-state index >= 15 is 0 Å². The van der Waals surface area contributed by atoms with Crippen LogP contribution >= 0.6 is 0 Å². The highest BCUT2D eigenvalue weighted by Gasteiger charge is 2.36. The average Bonchev–Trinajstić information content (AvgIpc) is 2.53. The SMILES string of the molecule is CCCOc1cncc(C(O)C(C)(C)N2CCOCC2)c1. The molecule has 2 heterocycles. The van der Waals surface area contributed by atoms with E-state index in [1.807, 2.05) is 6.07 Å². The lowest BCUT2D eigenvalue weighted by Gasteiger charge is -2.43. The quantitative estimate of drug-likeness (QED) is 0.870. The molecule has 5 nitrogen and oxygen atoms in total. The van der Waals surface area contributed by atoms with Crippen molar-refractivity contribution >= 4 is 0 Å². The van der Waals surface area contributed by atoms with Gasteiger partial charge in [0.05, 0.1) is 32.1 Å². The molecule has 0 aliphatic carbocycles. The van der Waals surface area contributed by atoms with Crippen LogP contribution in [0, 0.1) is 0 Å². The van der Waals surface area contributed by atoms with Gasteiger partial charge in [0.1, 0.15) is 5.75 Å². The Balaban J connectivity index is 2.11. The first-order valence-electron chi connectivity index (χ1n) is 7.64. The first-order chi connectivity index (χ1) is 10.1. The van der Waals surface area contributed by atoms with Crippen molar-refractivity contribution in [2.75, 3.05) is 32.9 Å². The lowest BCUT2D eigenvalue weighted by molar-refractivity contribution is -0.0631. The molecule has 0 bridgehead atoms. The Kier molecular flexibility index (Phi) is 5.56. The zero-order valence-corrected chi connectivity index (χ0v) is 13.2. The van der Waals surface area contributed by atoms with E-state index in [9.17, 15) is 5.11 Å². The number of rotatable bonds is 6. The standard InChI is InChI=1S/C16H26N2O3/c1-4-7-21-14-10-13(11-17-12-14)15(19)16(2,3)18-5-8-20-9-6-18/h10-12,15,19H,4-9H2,1-3H3. The molecule has 1 aliphatic heterocycles. The number of aliphatic hydroxyl groups is 1. The molecule has 118 valence electrons. The summed E-state index contributed by atoms with van der Waals surface area (Å²) in [6, 6.07) is 1.88. The monoisotopic (exact) mass is 294 g/mol. The van der Waals surface area contributed by atoms with Gasteiger partial charge in [-0.2, -0.15) is 0 Å². The van der Waals surface area contributed by atoms with E-state index in [0.717, 1.165) is 25.1 Å². The van der Waals surface area contributed by atoms with E-state index < -0.39 is 6.10 Å². The van der Waals surface area contributed by atoms with Gasteiger partial charge in [0.25, 0.3) is 0 Å². The normalized spacial score (nSPS) is 18.5. The van der Waals surface area contributed by atoms with Crippen molar-refractivity contribution in [2.24, 2.45) is 0 Å². The number of hydrogen-bond acceptors (Lipinski definition) is 5. The Labute approximate surface area is 126 Å². The lowest BCUT2D eigenvalue weighted by Crippen LogP contribution is -2.53. The summed E-state index contributed by atoms with van der Waals surface area (Å²) in [6.45, 7) is 9.95. The van der Waals surface area contributed by atoms with Gasteiger partial charge in [-0.25, -0.2) is 0 Å². The molecular formula is C16H26N2O3. The smallest absolute Gasteiger partial charge is 0.137 e. The first-order valence-corrected chi connectivity index (χ1v) is 7.64. The van der Waals surface area contributed by atoms with Crippen molar-refractivity contribution in [1.82, 2.24) is 9.88 Å². The predicted molar refractivity (Wildman–Crippen MR) is 81.5 cm³/mol. The van der Waals surface area contributed by atoms with Crippen LogP contribution in [0.3, 0.4) is 0 Å². The molecule has 0 radical (unpaired) electrons. The molecule has 5 heteroatoms. The van der Waals surface area contributed by atoms with Crippen LogP contribution in [0.15, 0.2) is 18.5 Å². The van der Waals surface area contributed by atoms with Gasteiger partial charge in [-0.3, -0.25) is 9.88 Å². The van der Waals surface area contributed by atoms with Crippen molar-refractivity contribution < 1.29 is 14.6 Å². The molecule has 1 saturated heterocycles. The molecule has 0 amide bonds. The second-order valence-corrected chi connectivity index (χ2v) is 5.96. The van der Waals surface area contributed by atoms with Gasteiger partial charge in [0, 0.05) is 30.4 Å². The van der Waals surface area contributed by atoms with Crippen molar-refractivity contribution in [3.05, 3.63) is 24.0 Å². The third kappa shape index (κ3) is 3.93. The maximum Gasteiger partial charge on any atom is 0.137 e. The highest BCUT2D eigenvalue weighted by atomic mass is 16.5. The first kappa shape index (κ1) is 16.2. The lowest BCUT2D eigenvalue weighted by atomic mass is 9.90. The number of ether oxygens (including phenoxy) is 2. The maximum atomic E-state index is 10.8. The Hall–Kier alpha value is -1.17. The summed E-state index contributed by atoms with van der Waals surface area (Å²) in [5.41, 5.74) is 0.426. The van der Waals surface area contributed by atoms with E-state index in [0.29, 0.717) is 25.6 Å². The number of pyridine rings is 1. The fraction of sp³-hybridized carbons (Fsp3) is 0.688. The molecule has 1 unspecified atom stereocenters. The highest BCUT2D eigenvalue weighted by Crippen LogP contribution is 2.32. The van der Waals surface area contributed by atoms with Crippen molar-refractivity contribution in [3.8, 4) is 5.75 Å². The van der Waals surface area contributed by atoms with Crippen LogP contribution in [-0.2, 0) is 4.74 Å². The van der Waals surface area contributed by atoms with Gasteiger partial charge >= 0.3 is 0 Å². The third-order valence-electron chi connectivity index (χ3n) is 4.02. The second-order valence-electron chi connectivity index (χ2n) is 5.96. The van der Waals surface area contributed by atoms with Crippen LogP contribution in [0.25, 0.3) is 0 Å². The number of aliphatic hydroxyl groups excluding tert-OH is 1. The van der Waals surface area contributed by atoms with Gasteiger partial charge in [0.15, 0.2) is 0 Å². The Morgan fingerprint density at radius 2 is 2.10 bits per heavy atom. The Morgan fingerprint density at radius 1 is 1.38 bits per heavy atom. The minimum Gasteiger partial charge on any atom is -0.492 e. The van der Waals surface area contributed by atoms with Gasteiger partial charge in [-0.1, -0.05) is 6.92 Å². The summed E-state index contributed by atoms with van der Waals surface area (Å²) in [6.07, 6.45) is 3.74. The van der Waals surface area contributed by atoms with Crippen LogP contribution in [0.4, 0.5) is 0 Å². The summed E-state index contributed by atoms with van der Waals surface area (Å²) in [5.74, 6) is 0.714. The topological polar surface area (TPSA) is 54.8 Å². The summed E-state index contributed by atoms with van der Waals surface area (Å²) < 4.78 is 11.0. The van der Waals surface area contributed by atoms with Crippen LogP contribution in [0.1, 0.15) is 38.9 Å². The van der Waals surface area contributed by atoms with Crippen molar-refractivity contribution in [1.29, 1.82) is 0 Å². The number of morpholine rings is 1. The number of aromatic nitrogens is 1. The van der Waals surface area contributed by atoms with Crippen LogP contribution in [0.5, 0.6) is 5.75 Å². The minimum absolute atomic E-state index is 0.366. The minimum atomic E-state index is -0.617.